The number of rotatable bonds is 6. The van der Waals surface area contributed by atoms with Crippen LogP contribution >= 0.6 is 51.3 Å². The molecule has 1 fully saturated rings. The molecule has 0 unspecified atom stereocenters. The average molecular weight is 531 g/mol. The SMILES string of the molecule is Cl.O=C(c1ccccc1Br)N(CCCN1CCOCC1)c1nc2c(Cl)cccc2s1. The molecule has 1 aromatic heterocycles. The lowest BCUT2D eigenvalue weighted by atomic mass is 10.2. The molecule has 2 aromatic carbocycles. The third-order valence-corrected chi connectivity index (χ3v) is 6.94. The normalized spacial score (nSPS) is 14.5. The molecule has 0 spiro atoms. The zero-order valence-electron chi connectivity index (χ0n) is 16.2. The molecule has 0 saturated carbocycles. The Kier molecular flexibility index (Phi) is 8.51. The van der Waals surface area contributed by atoms with Gasteiger partial charge in [-0.1, -0.05) is 41.1 Å². The van der Waals surface area contributed by atoms with Crippen molar-refractivity contribution >= 4 is 72.5 Å². The Morgan fingerprint density at radius 3 is 2.70 bits per heavy atom. The van der Waals surface area contributed by atoms with Crippen LogP contribution < -0.4 is 4.90 Å². The minimum Gasteiger partial charge on any atom is -0.379 e. The number of hydrogen-bond acceptors (Lipinski definition) is 5. The molecule has 0 atom stereocenters. The molecule has 1 aliphatic rings. The fourth-order valence-electron chi connectivity index (χ4n) is 3.36. The van der Waals surface area contributed by atoms with Gasteiger partial charge in [-0.15, -0.1) is 12.4 Å². The number of halogens is 3. The minimum absolute atomic E-state index is 0. The number of carbonyl (C=O) groups is 1. The predicted molar refractivity (Wildman–Crippen MR) is 130 cm³/mol. The molecule has 1 amide bonds. The van der Waals surface area contributed by atoms with Crippen molar-refractivity contribution in [2.45, 2.75) is 6.42 Å². The van der Waals surface area contributed by atoms with E-state index in [0.29, 0.717) is 22.3 Å². The van der Waals surface area contributed by atoms with E-state index in [4.69, 9.17) is 21.3 Å². The topological polar surface area (TPSA) is 45.7 Å². The number of benzene rings is 2. The number of ether oxygens (including phenoxy) is 1. The summed E-state index contributed by atoms with van der Waals surface area (Å²) in [6.45, 7) is 4.94. The van der Waals surface area contributed by atoms with E-state index in [1.807, 2.05) is 42.5 Å². The van der Waals surface area contributed by atoms with Crippen molar-refractivity contribution in [2.24, 2.45) is 0 Å². The molecule has 0 radical (unpaired) electrons. The fraction of sp³-hybridized carbons (Fsp3) is 0.333. The molecule has 0 bridgehead atoms. The molecule has 0 N–H and O–H groups in total. The van der Waals surface area contributed by atoms with Gasteiger partial charge in [-0.2, -0.15) is 0 Å². The number of carbonyl (C=O) groups excluding carboxylic acids is 1. The van der Waals surface area contributed by atoms with Gasteiger partial charge in [0.25, 0.3) is 5.91 Å². The monoisotopic (exact) mass is 529 g/mol. The molecule has 160 valence electrons. The quantitative estimate of drug-likeness (QED) is 0.422. The first kappa shape index (κ1) is 23.4. The summed E-state index contributed by atoms with van der Waals surface area (Å²) >= 11 is 11.3. The summed E-state index contributed by atoms with van der Waals surface area (Å²) in [5.41, 5.74) is 1.37. The summed E-state index contributed by atoms with van der Waals surface area (Å²) in [5, 5.41) is 1.28. The maximum absolute atomic E-state index is 13.4. The Labute approximate surface area is 199 Å². The second kappa shape index (κ2) is 10.9. The van der Waals surface area contributed by atoms with Gasteiger partial charge in [-0.25, -0.2) is 4.98 Å². The Balaban J connectivity index is 0.00000256. The van der Waals surface area contributed by atoms with Gasteiger partial charge in [0.2, 0.25) is 0 Å². The molecule has 4 rings (SSSR count). The molecule has 0 aliphatic carbocycles. The first-order valence-electron chi connectivity index (χ1n) is 9.55. The van der Waals surface area contributed by atoms with Gasteiger partial charge in [-0.05, 0) is 46.6 Å². The predicted octanol–water partition coefficient (Wildman–Crippen LogP) is 5.50. The van der Waals surface area contributed by atoms with Crippen molar-refractivity contribution < 1.29 is 9.53 Å². The summed E-state index contributed by atoms with van der Waals surface area (Å²) in [5.74, 6) is -0.0605. The lowest BCUT2D eigenvalue weighted by Crippen LogP contribution is -2.39. The number of hydrogen-bond donors (Lipinski definition) is 0. The van der Waals surface area contributed by atoms with Crippen molar-refractivity contribution in [1.29, 1.82) is 0 Å². The summed E-state index contributed by atoms with van der Waals surface area (Å²) in [6, 6.07) is 13.2. The van der Waals surface area contributed by atoms with Crippen LogP contribution in [0.2, 0.25) is 5.02 Å². The molecule has 9 heteroatoms. The number of anilines is 1. The summed E-state index contributed by atoms with van der Waals surface area (Å²) < 4.78 is 7.18. The van der Waals surface area contributed by atoms with Crippen molar-refractivity contribution in [1.82, 2.24) is 9.88 Å². The zero-order chi connectivity index (χ0) is 20.2. The van der Waals surface area contributed by atoms with E-state index in [0.717, 1.165) is 54.0 Å². The Morgan fingerprint density at radius 2 is 1.97 bits per heavy atom. The average Bonchev–Trinajstić information content (AvgIpc) is 3.17. The smallest absolute Gasteiger partial charge is 0.261 e. The number of fused-ring (bicyclic) bond motifs is 1. The number of thiazole rings is 1. The van der Waals surface area contributed by atoms with Crippen LogP contribution in [0.1, 0.15) is 16.8 Å². The minimum atomic E-state index is -0.0605. The molecular formula is C21H22BrCl2N3O2S. The van der Waals surface area contributed by atoms with Crippen LogP contribution in [0.5, 0.6) is 0 Å². The van der Waals surface area contributed by atoms with Gasteiger partial charge >= 0.3 is 0 Å². The van der Waals surface area contributed by atoms with E-state index in [-0.39, 0.29) is 18.3 Å². The number of morpholine rings is 1. The summed E-state index contributed by atoms with van der Waals surface area (Å²) in [4.78, 5) is 22.3. The molecule has 30 heavy (non-hydrogen) atoms. The largest absolute Gasteiger partial charge is 0.379 e. The van der Waals surface area contributed by atoms with Gasteiger partial charge in [-0.3, -0.25) is 14.6 Å². The van der Waals surface area contributed by atoms with Crippen LogP contribution in [0, 0.1) is 0 Å². The van der Waals surface area contributed by atoms with Gasteiger partial charge in [0.05, 0.1) is 28.5 Å². The maximum atomic E-state index is 13.4. The van der Waals surface area contributed by atoms with Crippen LogP contribution in [-0.4, -0.2) is 55.2 Å². The van der Waals surface area contributed by atoms with Crippen LogP contribution in [0.25, 0.3) is 10.2 Å². The first-order valence-corrected chi connectivity index (χ1v) is 11.5. The third-order valence-electron chi connectivity index (χ3n) is 4.90. The zero-order valence-corrected chi connectivity index (χ0v) is 20.2. The van der Waals surface area contributed by atoms with Gasteiger partial charge < -0.3 is 4.74 Å². The van der Waals surface area contributed by atoms with Crippen molar-refractivity contribution in [3.63, 3.8) is 0 Å². The molecule has 3 aromatic rings. The molecule has 1 saturated heterocycles. The number of aromatic nitrogens is 1. The van der Waals surface area contributed by atoms with Gasteiger partial charge in [0.1, 0.15) is 5.52 Å². The molecular weight excluding hydrogens is 509 g/mol. The highest BCUT2D eigenvalue weighted by Gasteiger charge is 2.23. The Bertz CT molecular complexity index is 1010. The number of nitrogens with zero attached hydrogens (tertiary/aromatic N) is 3. The summed E-state index contributed by atoms with van der Waals surface area (Å²) in [7, 11) is 0. The van der Waals surface area contributed by atoms with Gasteiger partial charge in [0.15, 0.2) is 5.13 Å². The van der Waals surface area contributed by atoms with E-state index in [1.165, 1.54) is 11.3 Å². The second-order valence-electron chi connectivity index (χ2n) is 6.83. The number of para-hydroxylation sites is 1. The van der Waals surface area contributed by atoms with Crippen molar-refractivity contribution in [3.8, 4) is 0 Å². The fourth-order valence-corrected chi connectivity index (χ4v) is 5.10. The van der Waals surface area contributed by atoms with Crippen LogP contribution in [0.3, 0.4) is 0 Å². The van der Waals surface area contributed by atoms with E-state index in [2.05, 4.69) is 20.8 Å². The molecule has 5 nitrogen and oxygen atoms in total. The van der Waals surface area contributed by atoms with Crippen LogP contribution in [0.15, 0.2) is 46.9 Å². The standard InChI is InChI=1S/C21H21BrClN3O2S.ClH/c22-16-6-2-1-5-15(16)20(27)26(10-4-9-25-11-13-28-14-12-25)21-24-19-17(23)7-3-8-18(19)29-21;/h1-3,5-8H,4,9-14H2;1H. The van der Waals surface area contributed by atoms with E-state index in [1.54, 1.807) is 4.90 Å². The number of amides is 1. The van der Waals surface area contributed by atoms with Crippen molar-refractivity contribution in [2.75, 3.05) is 44.3 Å². The van der Waals surface area contributed by atoms with E-state index >= 15 is 0 Å². The van der Waals surface area contributed by atoms with E-state index < -0.39 is 0 Å². The summed E-state index contributed by atoms with van der Waals surface area (Å²) in [6.07, 6.45) is 0.861. The Hall–Kier alpha value is -1.22. The highest BCUT2D eigenvalue weighted by atomic mass is 79.9. The third kappa shape index (κ3) is 5.33. The second-order valence-corrected chi connectivity index (χ2v) is 9.10. The lowest BCUT2D eigenvalue weighted by molar-refractivity contribution is 0.0376. The van der Waals surface area contributed by atoms with Crippen LogP contribution in [0.4, 0.5) is 5.13 Å². The van der Waals surface area contributed by atoms with Crippen LogP contribution in [-0.2, 0) is 4.74 Å². The van der Waals surface area contributed by atoms with E-state index in [9.17, 15) is 4.79 Å². The Morgan fingerprint density at radius 1 is 1.20 bits per heavy atom. The maximum Gasteiger partial charge on any atom is 0.261 e. The highest BCUT2D eigenvalue weighted by Crippen LogP contribution is 2.34. The first-order chi connectivity index (χ1) is 14.1. The molecule has 2 heterocycles. The lowest BCUT2D eigenvalue weighted by Gasteiger charge is -2.27. The van der Waals surface area contributed by atoms with Gasteiger partial charge in [0, 0.05) is 30.7 Å². The molecule has 1 aliphatic heterocycles. The van der Waals surface area contributed by atoms with Crippen molar-refractivity contribution in [3.05, 3.63) is 57.5 Å². The highest BCUT2D eigenvalue weighted by molar-refractivity contribution is 9.10.